The van der Waals surface area contributed by atoms with Gasteiger partial charge in [-0.2, -0.15) is 0 Å². The number of hydrogen-bond acceptors (Lipinski definition) is 3. The standard InChI is InChI=1S/C21H30N2O2/c24-21(18-6-3-7-18)23-11-4-10-22(12-13-23)16-17-9-14-25-20-8-2-1-5-19(20)15-17/h1-2,5,8,17-18H,3-4,6-7,9-16H2. The van der Waals surface area contributed by atoms with Crippen LogP contribution >= 0.6 is 0 Å². The Morgan fingerprint density at radius 1 is 1.04 bits per heavy atom. The zero-order valence-corrected chi connectivity index (χ0v) is 15.2. The van der Waals surface area contributed by atoms with Gasteiger partial charge in [0.2, 0.25) is 5.91 Å². The summed E-state index contributed by atoms with van der Waals surface area (Å²) in [7, 11) is 0. The molecule has 0 spiro atoms. The molecule has 2 heterocycles. The lowest BCUT2D eigenvalue weighted by Crippen LogP contribution is -2.41. The van der Waals surface area contributed by atoms with Crippen LogP contribution in [0.4, 0.5) is 0 Å². The summed E-state index contributed by atoms with van der Waals surface area (Å²) in [6.45, 7) is 5.95. The molecule has 2 fully saturated rings. The molecule has 0 N–H and O–H groups in total. The first-order chi connectivity index (χ1) is 12.3. The Hall–Kier alpha value is -1.55. The van der Waals surface area contributed by atoms with Gasteiger partial charge in [0.05, 0.1) is 6.61 Å². The van der Waals surface area contributed by atoms with Crippen LogP contribution in [0.5, 0.6) is 5.75 Å². The second-order valence-corrected chi connectivity index (χ2v) is 7.92. The average molecular weight is 342 g/mol. The van der Waals surface area contributed by atoms with Crippen LogP contribution in [0.2, 0.25) is 0 Å². The number of para-hydroxylation sites is 1. The fraction of sp³-hybridized carbons (Fsp3) is 0.667. The quantitative estimate of drug-likeness (QED) is 0.847. The average Bonchev–Trinajstić information content (AvgIpc) is 2.91. The first-order valence-electron chi connectivity index (χ1n) is 10.0. The highest BCUT2D eigenvalue weighted by molar-refractivity contribution is 5.79. The van der Waals surface area contributed by atoms with E-state index in [0.717, 1.165) is 77.2 Å². The van der Waals surface area contributed by atoms with Gasteiger partial charge in [-0.3, -0.25) is 4.79 Å². The molecule has 0 aromatic heterocycles. The van der Waals surface area contributed by atoms with Crippen LogP contribution in [0.1, 0.15) is 37.7 Å². The molecule has 2 aliphatic heterocycles. The lowest BCUT2D eigenvalue weighted by molar-refractivity contribution is -0.138. The number of hydrogen-bond donors (Lipinski definition) is 0. The summed E-state index contributed by atoms with van der Waals surface area (Å²) >= 11 is 0. The Kier molecular flexibility index (Phi) is 5.25. The zero-order valence-electron chi connectivity index (χ0n) is 15.2. The lowest BCUT2D eigenvalue weighted by Gasteiger charge is -2.31. The van der Waals surface area contributed by atoms with Crippen molar-refractivity contribution in [3.8, 4) is 5.75 Å². The van der Waals surface area contributed by atoms with Crippen molar-refractivity contribution in [3.05, 3.63) is 29.8 Å². The van der Waals surface area contributed by atoms with Crippen LogP contribution in [0.15, 0.2) is 24.3 Å². The van der Waals surface area contributed by atoms with Gasteiger partial charge in [-0.05, 0) is 56.2 Å². The largest absolute Gasteiger partial charge is 0.493 e. The summed E-state index contributed by atoms with van der Waals surface area (Å²) in [6, 6.07) is 8.46. The topological polar surface area (TPSA) is 32.8 Å². The van der Waals surface area contributed by atoms with Crippen molar-refractivity contribution in [1.82, 2.24) is 9.80 Å². The van der Waals surface area contributed by atoms with Gasteiger partial charge in [-0.1, -0.05) is 24.6 Å². The summed E-state index contributed by atoms with van der Waals surface area (Å²) in [5, 5.41) is 0. The van der Waals surface area contributed by atoms with Gasteiger partial charge >= 0.3 is 0 Å². The smallest absolute Gasteiger partial charge is 0.225 e. The molecule has 4 rings (SSSR count). The van der Waals surface area contributed by atoms with E-state index in [2.05, 4.69) is 34.1 Å². The van der Waals surface area contributed by atoms with Gasteiger partial charge in [-0.25, -0.2) is 0 Å². The molecule has 1 aliphatic carbocycles. The van der Waals surface area contributed by atoms with Crippen molar-refractivity contribution in [1.29, 1.82) is 0 Å². The molecule has 0 bridgehead atoms. The van der Waals surface area contributed by atoms with Crippen molar-refractivity contribution in [2.24, 2.45) is 11.8 Å². The Labute approximate surface area is 151 Å². The van der Waals surface area contributed by atoms with Crippen LogP contribution in [0.25, 0.3) is 0 Å². The molecule has 1 unspecified atom stereocenters. The molecule has 25 heavy (non-hydrogen) atoms. The first-order valence-corrected chi connectivity index (χ1v) is 10.0. The SMILES string of the molecule is O=C(C1CCC1)N1CCCN(CC2CCOc3ccccc3C2)CC1. The monoisotopic (exact) mass is 342 g/mol. The number of rotatable bonds is 3. The van der Waals surface area contributed by atoms with Gasteiger partial charge in [0.25, 0.3) is 0 Å². The third kappa shape index (κ3) is 4.00. The maximum Gasteiger partial charge on any atom is 0.225 e. The minimum Gasteiger partial charge on any atom is -0.493 e. The third-order valence-electron chi connectivity index (χ3n) is 6.14. The van der Waals surface area contributed by atoms with Crippen LogP contribution in [-0.2, 0) is 11.2 Å². The van der Waals surface area contributed by atoms with Gasteiger partial charge in [0.1, 0.15) is 5.75 Å². The molecule has 1 saturated heterocycles. The maximum absolute atomic E-state index is 12.5. The van der Waals surface area contributed by atoms with Crippen molar-refractivity contribution in [2.45, 2.75) is 38.5 Å². The summed E-state index contributed by atoms with van der Waals surface area (Å²) in [5.41, 5.74) is 1.35. The Balaban J connectivity index is 1.31. The molecule has 1 atom stereocenters. The Morgan fingerprint density at radius 3 is 2.76 bits per heavy atom. The number of fused-ring (bicyclic) bond motifs is 1. The molecule has 1 saturated carbocycles. The molecule has 4 heteroatoms. The summed E-state index contributed by atoms with van der Waals surface area (Å²) in [4.78, 5) is 17.2. The summed E-state index contributed by atoms with van der Waals surface area (Å²) in [6.07, 6.45) is 6.80. The number of carbonyl (C=O) groups excluding carboxylic acids is 1. The summed E-state index contributed by atoms with van der Waals surface area (Å²) < 4.78 is 5.91. The van der Waals surface area contributed by atoms with E-state index in [1.54, 1.807) is 0 Å². The van der Waals surface area contributed by atoms with E-state index in [-0.39, 0.29) is 0 Å². The molecule has 3 aliphatic rings. The maximum atomic E-state index is 12.5. The molecule has 1 amide bonds. The van der Waals surface area contributed by atoms with E-state index >= 15 is 0 Å². The highest BCUT2D eigenvalue weighted by atomic mass is 16.5. The minimum atomic E-state index is 0.335. The number of amides is 1. The molecule has 136 valence electrons. The van der Waals surface area contributed by atoms with E-state index in [1.807, 2.05) is 0 Å². The van der Waals surface area contributed by atoms with E-state index < -0.39 is 0 Å². The second kappa shape index (κ2) is 7.77. The fourth-order valence-electron chi connectivity index (χ4n) is 4.37. The first kappa shape index (κ1) is 16.9. The van der Waals surface area contributed by atoms with Gasteiger partial charge in [0.15, 0.2) is 0 Å². The molecule has 0 radical (unpaired) electrons. The predicted molar refractivity (Wildman–Crippen MR) is 98.7 cm³/mol. The van der Waals surface area contributed by atoms with Crippen LogP contribution in [0, 0.1) is 11.8 Å². The number of carbonyl (C=O) groups is 1. The highest BCUT2D eigenvalue weighted by Crippen LogP contribution is 2.29. The van der Waals surface area contributed by atoms with Crippen molar-refractivity contribution in [3.63, 3.8) is 0 Å². The lowest BCUT2D eigenvalue weighted by atomic mass is 9.84. The van der Waals surface area contributed by atoms with Gasteiger partial charge in [-0.15, -0.1) is 0 Å². The van der Waals surface area contributed by atoms with Crippen LogP contribution in [0.3, 0.4) is 0 Å². The highest BCUT2D eigenvalue weighted by Gasteiger charge is 2.30. The van der Waals surface area contributed by atoms with Crippen molar-refractivity contribution < 1.29 is 9.53 Å². The van der Waals surface area contributed by atoms with E-state index in [4.69, 9.17) is 4.74 Å². The second-order valence-electron chi connectivity index (χ2n) is 7.92. The molecular formula is C21H30N2O2. The molecule has 4 nitrogen and oxygen atoms in total. The van der Waals surface area contributed by atoms with Crippen LogP contribution in [-0.4, -0.2) is 55.0 Å². The normalized spacial score (nSPS) is 25.3. The van der Waals surface area contributed by atoms with Crippen LogP contribution < -0.4 is 4.74 Å². The number of nitrogens with zero attached hydrogens (tertiary/aromatic N) is 2. The van der Waals surface area contributed by atoms with E-state index in [9.17, 15) is 4.79 Å². The van der Waals surface area contributed by atoms with E-state index in [0.29, 0.717) is 17.7 Å². The minimum absolute atomic E-state index is 0.335. The summed E-state index contributed by atoms with van der Waals surface area (Å²) in [5.74, 6) is 2.47. The molecular weight excluding hydrogens is 312 g/mol. The Morgan fingerprint density at radius 2 is 1.92 bits per heavy atom. The van der Waals surface area contributed by atoms with Crippen molar-refractivity contribution in [2.75, 3.05) is 39.3 Å². The van der Waals surface area contributed by atoms with Crippen molar-refractivity contribution >= 4 is 5.91 Å². The predicted octanol–water partition coefficient (Wildman–Crippen LogP) is 2.96. The van der Waals surface area contributed by atoms with Gasteiger partial charge in [0, 0.05) is 32.1 Å². The fourth-order valence-corrected chi connectivity index (χ4v) is 4.37. The van der Waals surface area contributed by atoms with Gasteiger partial charge < -0.3 is 14.5 Å². The molecule has 1 aromatic carbocycles. The van der Waals surface area contributed by atoms with E-state index in [1.165, 1.54) is 12.0 Å². The zero-order chi connectivity index (χ0) is 17.1. The third-order valence-corrected chi connectivity index (χ3v) is 6.14. The Bertz CT molecular complexity index is 599. The number of ether oxygens (including phenoxy) is 1. The number of benzene rings is 1. The molecule has 1 aromatic rings.